The van der Waals surface area contributed by atoms with E-state index in [1.54, 1.807) is 18.7 Å². The predicted molar refractivity (Wildman–Crippen MR) is 111 cm³/mol. The predicted octanol–water partition coefficient (Wildman–Crippen LogP) is 2.50. The quantitative estimate of drug-likeness (QED) is 0.704. The van der Waals surface area contributed by atoms with Crippen molar-refractivity contribution in [3.05, 3.63) is 28.8 Å². The average Bonchev–Trinajstić information content (AvgIpc) is 3.52. The van der Waals surface area contributed by atoms with E-state index in [9.17, 15) is 18.0 Å². The van der Waals surface area contributed by atoms with E-state index in [2.05, 4.69) is 5.32 Å². The number of rotatable bonds is 7. The molecule has 1 saturated heterocycles. The smallest absolute Gasteiger partial charge is 0.255 e. The number of carbonyl (C=O) groups excluding carboxylic acids is 2. The van der Waals surface area contributed by atoms with Gasteiger partial charge in [0.15, 0.2) is 0 Å². The van der Waals surface area contributed by atoms with Crippen molar-refractivity contribution < 1.29 is 18.0 Å². The third-order valence-corrected chi connectivity index (χ3v) is 7.89. The first-order valence-electron chi connectivity index (χ1n) is 10.2. The molecule has 2 amide bonds. The third-order valence-electron chi connectivity index (χ3n) is 5.51. The van der Waals surface area contributed by atoms with Crippen molar-refractivity contribution >= 4 is 33.4 Å². The molecule has 1 aromatic carbocycles. The molecule has 1 saturated carbocycles. The maximum atomic E-state index is 13.1. The topological polar surface area (TPSA) is 86.8 Å². The fourth-order valence-electron chi connectivity index (χ4n) is 3.63. The number of amides is 2. The van der Waals surface area contributed by atoms with Gasteiger partial charge in [0, 0.05) is 32.2 Å². The molecule has 29 heavy (non-hydrogen) atoms. The summed E-state index contributed by atoms with van der Waals surface area (Å²) in [5, 5.41) is 3.21. The molecule has 7 nitrogen and oxygen atoms in total. The Labute approximate surface area is 177 Å². The molecule has 0 radical (unpaired) electrons. The average molecular weight is 442 g/mol. The summed E-state index contributed by atoms with van der Waals surface area (Å²) in [5.41, 5.74) is 0.156. The molecule has 0 bridgehead atoms. The van der Waals surface area contributed by atoms with Gasteiger partial charge in [-0.05, 0) is 43.9 Å². The summed E-state index contributed by atoms with van der Waals surface area (Å²) in [4.78, 5) is 27.2. The Morgan fingerprint density at radius 2 is 1.90 bits per heavy atom. The van der Waals surface area contributed by atoms with E-state index < -0.39 is 10.0 Å². The lowest BCUT2D eigenvalue weighted by molar-refractivity contribution is -0.126. The van der Waals surface area contributed by atoms with E-state index >= 15 is 0 Å². The minimum absolute atomic E-state index is 0.00559. The number of hydrogen-bond acceptors (Lipinski definition) is 4. The lowest BCUT2D eigenvalue weighted by Crippen LogP contribution is -2.46. The van der Waals surface area contributed by atoms with Gasteiger partial charge in [-0.3, -0.25) is 9.59 Å². The number of benzene rings is 1. The van der Waals surface area contributed by atoms with Crippen LogP contribution in [0.5, 0.6) is 0 Å². The Hall–Kier alpha value is -1.64. The third kappa shape index (κ3) is 4.92. The largest absolute Gasteiger partial charge is 0.353 e. The number of halogens is 1. The lowest BCUT2D eigenvalue weighted by Gasteiger charge is -2.32. The highest BCUT2D eigenvalue weighted by Gasteiger charge is 2.33. The minimum Gasteiger partial charge on any atom is -0.353 e. The standard InChI is InChI=1S/C20H28ClN3O4S/c1-3-24(4-2)29(27,28)16-9-10-18(21)17(12-16)20(26)23-11-5-6-14(13-23)19(25)22-15-7-8-15/h9-10,12,14-15H,3-8,11,13H2,1-2H3,(H,22,25). The van der Waals surface area contributed by atoms with Gasteiger partial charge in [-0.1, -0.05) is 25.4 Å². The molecule has 1 aromatic rings. The summed E-state index contributed by atoms with van der Waals surface area (Å²) in [5.74, 6) is -0.584. The Kier molecular flexibility index (Phi) is 6.86. The summed E-state index contributed by atoms with van der Waals surface area (Å²) in [6, 6.07) is 4.51. The molecule has 1 atom stereocenters. The van der Waals surface area contributed by atoms with Gasteiger partial charge in [0.2, 0.25) is 15.9 Å². The molecule has 1 unspecified atom stereocenters. The van der Waals surface area contributed by atoms with Gasteiger partial charge in [0.25, 0.3) is 5.91 Å². The molecule has 0 spiro atoms. The van der Waals surface area contributed by atoms with E-state index in [0.717, 1.165) is 25.7 Å². The lowest BCUT2D eigenvalue weighted by atomic mass is 9.96. The number of likely N-dealkylation sites (tertiary alicyclic amines) is 1. The van der Waals surface area contributed by atoms with Gasteiger partial charge in [-0.2, -0.15) is 4.31 Å². The SMILES string of the molecule is CCN(CC)S(=O)(=O)c1ccc(Cl)c(C(=O)N2CCCC(C(=O)NC3CC3)C2)c1. The van der Waals surface area contributed by atoms with Crippen molar-refractivity contribution in [3.63, 3.8) is 0 Å². The number of piperidine rings is 1. The highest BCUT2D eigenvalue weighted by atomic mass is 35.5. The van der Waals surface area contributed by atoms with Gasteiger partial charge in [0.1, 0.15) is 0 Å². The van der Waals surface area contributed by atoms with Crippen LogP contribution in [0.3, 0.4) is 0 Å². The van der Waals surface area contributed by atoms with Crippen LogP contribution < -0.4 is 5.32 Å². The van der Waals surface area contributed by atoms with Crippen LogP contribution in [0.1, 0.15) is 49.9 Å². The Balaban J connectivity index is 1.80. The monoisotopic (exact) mass is 441 g/mol. The zero-order chi connectivity index (χ0) is 21.2. The van der Waals surface area contributed by atoms with E-state index in [4.69, 9.17) is 11.6 Å². The minimum atomic E-state index is -3.70. The molecular formula is C20H28ClN3O4S. The van der Waals surface area contributed by atoms with Gasteiger partial charge in [-0.15, -0.1) is 0 Å². The molecule has 2 aliphatic rings. The number of nitrogens with one attached hydrogen (secondary N) is 1. The van der Waals surface area contributed by atoms with Crippen molar-refractivity contribution in [3.8, 4) is 0 Å². The van der Waals surface area contributed by atoms with Crippen LogP contribution in [0.4, 0.5) is 0 Å². The van der Waals surface area contributed by atoms with Gasteiger partial charge in [0.05, 0.1) is 21.4 Å². The van der Waals surface area contributed by atoms with E-state index in [-0.39, 0.29) is 39.3 Å². The van der Waals surface area contributed by atoms with E-state index in [1.807, 2.05) is 0 Å². The molecule has 9 heteroatoms. The maximum absolute atomic E-state index is 13.1. The highest BCUT2D eigenvalue weighted by molar-refractivity contribution is 7.89. The van der Waals surface area contributed by atoms with Crippen LogP contribution in [-0.4, -0.2) is 61.7 Å². The first-order valence-corrected chi connectivity index (χ1v) is 12.0. The van der Waals surface area contributed by atoms with Crippen molar-refractivity contribution in [2.45, 2.75) is 50.5 Å². The number of nitrogens with zero attached hydrogens (tertiary/aromatic N) is 2. The highest BCUT2D eigenvalue weighted by Crippen LogP contribution is 2.27. The maximum Gasteiger partial charge on any atom is 0.255 e. The van der Waals surface area contributed by atoms with Gasteiger partial charge in [-0.25, -0.2) is 8.42 Å². The summed E-state index contributed by atoms with van der Waals surface area (Å²) in [6.07, 6.45) is 3.50. The summed E-state index contributed by atoms with van der Waals surface area (Å²) in [7, 11) is -3.70. The Morgan fingerprint density at radius 3 is 2.52 bits per heavy atom. The van der Waals surface area contributed by atoms with Gasteiger partial charge >= 0.3 is 0 Å². The Morgan fingerprint density at radius 1 is 1.21 bits per heavy atom. The molecule has 1 N–H and O–H groups in total. The summed E-state index contributed by atoms with van der Waals surface area (Å²) < 4.78 is 27.0. The number of sulfonamides is 1. The second-order valence-electron chi connectivity index (χ2n) is 7.60. The zero-order valence-electron chi connectivity index (χ0n) is 16.9. The van der Waals surface area contributed by atoms with Crippen molar-refractivity contribution in [1.82, 2.24) is 14.5 Å². The normalized spacial score (nSPS) is 20.0. The summed E-state index contributed by atoms with van der Waals surface area (Å²) in [6.45, 7) is 5.06. The molecule has 1 heterocycles. The molecule has 0 aromatic heterocycles. The van der Waals surface area contributed by atoms with Crippen molar-refractivity contribution in [1.29, 1.82) is 0 Å². The fourth-order valence-corrected chi connectivity index (χ4v) is 5.32. The first-order chi connectivity index (χ1) is 13.8. The molecule has 1 aliphatic carbocycles. The zero-order valence-corrected chi connectivity index (χ0v) is 18.4. The van der Waals surface area contributed by atoms with Crippen LogP contribution in [0, 0.1) is 5.92 Å². The van der Waals surface area contributed by atoms with Crippen LogP contribution in [0.2, 0.25) is 5.02 Å². The molecule has 2 fully saturated rings. The molecule has 1 aliphatic heterocycles. The van der Waals surface area contributed by atoms with Crippen LogP contribution in [0.25, 0.3) is 0 Å². The van der Waals surface area contributed by atoms with E-state index in [1.165, 1.54) is 22.5 Å². The van der Waals surface area contributed by atoms with Crippen molar-refractivity contribution in [2.75, 3.05) is 26.2 Å². The first kappa shape index (κ1) is 22.1. The van der Waals surface area contributed by atoms with Gasteiger partial charge < -0.3 is 10.2 Å². The molecule has 160 valence electrons. The van der Waals surface area contributed by atoms with E-state index in [0.29, 0.717) is 26.2 Å². The second-order valence-corrected chi connectivity index (χ2v) is 9.95. The summed E-state index contributed by atoms with van der Waals surface area (Å²) >= 11 is 6.25. The van der Waals surface area contributed by atoms with Crippen LogP contribution in [0.15, 0.2) is 23.1 Å². The van der Waals surface area contributed by atoms with Crippen LogP contribution >= 0.6 is 11.6 Å². The molecule has 3 rings (SSSR count). The number of hydrogen-bond donors (Lipinski definition) is 1. The Bertz CT molecular complexity index is 882. The fraction of sp³-hybridized carbons (Fsp3) is 0.600. The second kappa shape index (κ2) is 9.02. The van der Waals surface area contributed by atoms with Crippen molar-refractivity contribution in [2.24, 2.45) is 5.92 Å². The molecular weight excluding hydrogens is 414 g/mol. The van der Waals surface area contributed by atoms with Crippen LogP contribution in [-0.2, 0) is 14.8 Å². The number of carbonyl (C=O) groups is 2.